The highest BCUT2D eigenvalue weighted by molar-refractivity contribution is 9.11. The Kier molecular flexibility index (Phi) is 7.10. The fourth-order valence-corrected chi connectivity index (χ4v) is 4.57. The summed E-state index contributed by atoms with van der Waals surface area (Å²) in [6, 6.07) is 8.59. The predicted molar refractivity (Wildman–Crippen MR) is 103 cm³/mol. The van der Waals surface area contributed by atoms with Crippen LogP contribution in [-0.4, -0.2) is 32.8 Å². The van der Waals surface area contributed by atoms with Gasteiger partial charge in [-0.1, -0.05) is 6.92 Å². The number of halogens is 1. The van der Waals surface area contributed by atoms with Crippen LogP contribution in [0, 0.1) is 0 Å². The minimum absolute atomic E-state index is 0.0638. The third-order valence-electron chi connectivity index (χ3n) is 3.55. The molecule has 1 N–H and O–H groups in total. The van der Waals surface area contributed by atoms with Gasteiger partial charge in [-0.05, 0) is 65.7 Å². The predicted octanol–water partition coefficient (Wildman–Crippen LogP) is 3.63. The second-order valence-corrected chi connectivity index (χ2v) is 9.74. The van der Waals surface area contributed by atoms with Crippen molar-refractivity contribution in [3.8, 4) is 0 Å². The lowest BCUT2D eigenvalue weighted by Gasteiger charge is -2.12. The first-order chi connectivity index (χ1) is 12.2. The van der Waals surface area contributed by atoms with E-state index in [1.807, 2.05) is 6.92 Å². The summed E-state index contributed by atoms with van der Waals surface area (Å²) in [4.78, 5) is 24.5. The highest BCUT2D eigenvalue weighted by atomic mass is 79.9. The van der Waals surface area contributed by atoms with E-state index in [-0.39, 0.29) is 28.9 Å². The maximum Gasteiger partial charge on any atom is 0.338 e. The highest BCUT2D eigenvalue weighted by Crippen LogP contribution is 2.22. The Bertz CT molecular complexity index is 890. The molecule has 1 heterocycles. The van der Waals surface area contributed by atoms with Crippen molar-refractivity contribution < 1.29 is 22.7 Å². The van der Waals surface area contributed by atoms with Crippen molar-refractivity contribution in [1.29, 1.82) is 0 Å². The molecular formula is C17H18BrNO5S2. The molecular weight excluding hydrogens is 442 g/mol. The molecule has 140 valence electrons. The SMILES string of the molecule is CCC(C)NS(=O)(=O)c1ccc(C(=O)OCC(=O)c2ccc(Br)s2)cc1. The smallest absolute Gasteiger partial charge is 0.338 e. The topological polar surface area (TPSA) is 89.5 Å². The van der Waals surface area contributed by atoms with Crippen LogP contribution in [-0.2, 0) is 14.8 Å². The van der Waals surface area contributed by atoms with Gasteiger partial charge in [0.25, 0.3) is 0 Å². The van der Waals surface area contributed by atoms with Gasteiger partial charge in [-0.15, -0.1) is 11.3 Å². The largest absolute Gasteiger partial charge is 0.454 e. The summed E-state index contributed by atoms with van der Waals surface area (Å²) in [5, 5.41) is 0. The van der Waals surface area contributed by atoms with Crippen molar-refractivity contribution in [2.75, 3.05) is 6.61 Å². The van der Waals surface area contributed by atoms with Gasteiger partial charge in [0, 0.05) is 6.04 Å². The molecule has 0 saturated heterocycles. The van der Waals surface area contributed by atoms with E-state index in [0.717, 1.165) is 3.79 Å². The Morgan fingerprint density at radius 1 is 1.19 bits per heavy atom. The second-order valence-electron chi connectivity index (χ2n) is 5.56. The van der Waals surface area contributed by atoms with Crippen LogP contribution >= 0.6 is 27.3 Å². The van der Waals surface area contributed by atoms with E-state index in [4.69, 9.17) is 4.74 Å². The molecule has 0 spiro atoms. The number of carbonyl (C=O) groups excluding carboxylic acids is 2. The van der Waals surface area contributed by atoms with Gasteiger partial charge < -0.3 is 4.74 Å². The third kappa shape index (κ3) is 5.47. The lowest BCUT2D eigenvalue weighted by atomic mass is 10.2. The standard InChI is InChI=1S/C17H18BrNO5S2/c1-3-11(2)19-26(22,23)13-6-4-12(5-7-13)17(21)24-10-14(20)15-8-9-16(18)25-15/h4-9,11,19H,3,10H2,1-2H3. The van der Waals surface area contributed by atoms with Crippen molar-refractivity contribution in [1.82, 2.24) is 4.72 Å². The van der Waals surface area contributed by atoms with Crippen LogP contribution in [0.3, 0.4) is 0 Å². The molecule has 26 heavy (non-hydrogen) atoms. The van der Waals surface area contributed by atoms with E-state index >= 15 is 0 Å². The molecule has 1 atom stereocenters. The van der Waals surface area contributed by atoms with Crippen LogP contribution in [0.15, 0.2) is 45.1 Å². The van der Waals surface area contributed by atoms with Gasteiger partial charge in [-0.2, -0.15) is 0 Å². The van der Waals surface area contributed by atoms with Crippen LogP contribution in [0.4, 0.5) is 0 Å². The average Bonchev–Trinajstić information content (AvgIpc) is 3.05. The molecule has 0 bridgehead atoms. The Labute approximate surface area is 164 Å². The zero-order valence-corrected chi connectivity index (χ0v) is 17.4. The number of ketones is 1. The average molecular weight is 460 g/mol. The van der Waals surface area contributed by atoms with Gasteiger partial charge in [0.05, 0.1) is 19.1 Å². The lowest BCUT2D eigenvalue weighted by molar-refractivity contribution is 0.0475. The number of hydrogen-bond donors (Lipinski definition) is 1. The van der Waals surface area contributed by atoms with Crippen LogP contribution in [0.25, 0.3) is 0 Å². The number of sulfonamides is 1. The summed E-state index contributed by atoms with van der Waals surface area (Å²) in [6.45, 7) is 3.27. The molecule has 1 unspecified atom stereocenters. The second kappa shape index (κ2) is 8.90. The molecule has 0 amide bonds. The van der Waals surface area contributed by atoms with Crippen molar-refractivity contribution >= 4 is 49.0 Å². The van der Waals surface area contributed by atoms with Crippen molar-refractivity contribution in [3.05, 3.63) is 50.6 Å². The van der Waals surface area contributed by atoms with E-state index in [1.165, 1.54) is 35.6 Å². The molecule has 0 aliphatic rings. The Morgan fingerprint density at radius 3 is 2.38 bits per heavy atom. The summed E-state index contributed by atoms with van der Waals surface area (Å²) >= 11 is 4.52. The van der Waals surface area contributed by atoms with Crippen molar-refractivity contribution in [2.45, 2.75) is 31.2 Å². The minimum Gasteiger partial charge on any atom is -0.454 e. The van der Waals surface area contributed by atoms with Crippen molar-refractivity contribution in [3.63, 3.8) is 0 Å². The fourth-order valence-electron chi connectivity index (χ4n) is 1.94. The number of thiophene rings is 1. The summed E-state index contributed by atoms with van der Waals surface area (Å²) in [7, 11) is -3.63. The normalized spacial score (nSPS) is 12.6. The third-order valence-corrected chi connectivity index (χ3v) is 6.82. The van der Waals surface area contributed by atoms with Crippen molar-refractivity contribution in [2.24, 2.45) is 0 Å². The zero-order valence-electron chi connectivity index (χ0n) is 14.2. The summed E-state index contributed by atoms with van der Waals surface area (Å²) in [6.07, 6.45) is 0.665. The number of ether oxygens (including phenoxy) is 1. The maximum atomic E-state index is 12.2. The minimum atomic E-state index is -3.63. The number of hydrogen-bond acceptors (Lipinski definition) is 6. The van der Waals surface area contributed by atoms with Gasteiger partial charge in [0.15, 0.2) is 6.61 Å². The summed E-state index contributed by atoms with van der Waals surface area (Å²) in [5.74, 6) is -0.987. The van der Waals surface area contributed by atoms with E-state index in [2.05, 4.69) is 20.7 Å². The van der Waals surface area contributed by atoms with E-state index in [9.17, 15) is 18.0 Å². The molecule has 0 radical (unpaired) electrons. The molecule has 2 rings (SSSR count). The van der Waals surface area contributed by atoms with Gasteiger partial charge in [-0.25, -0.2) is 17.9 Å². The first kappa shape index (κ1) is 20.8. The lowest BCUT2D eigenvalue weighted by Crippen LogP contribution is -2.32. The Morgan fingerprint density at radius 2 is 1.85 bits per heavy atom. The summed E-state index contributed by atoms with van der Waals surface area (Å²) < 4.78 is 32.7. The first-order valence-electron chi connectivity index (χ1n) is 7.81. The van der Waals surface area contributed by atoms with Crippen LogP contribution in [0.5, 0.6) is 0 Å². The zero-order chi connectivity index (χ0) is 19.3. The summed E-state index contributed by atoms with van der Waals surface area (Å²) in [5.41, 5.74) is 0.174. The maximum absolute atomic E-state index is 12.2. The molecule has 2 aromatic rings. The first-order valence-corrected chi connectivity index (χ1v) is 10.9. The molecule has 1 aromatic carbocycles. The van der Waals surface area contributed by atoms with E-state index < -0.39 is 16.0 Å². The number of Topliss-reactive ketones (excluding diaryl/α,β-unsaturated/α-hetero) is 1. The van der Waals surface area contributed by atoms with E-state index in [1.54, 1.807) is 19.1 Å². The van der Waals surface area contributed by atoms with Crippen LogP contribution in [0.1, 0.15) is 40.3 Å². The number of benzene rings is 1. The molecule has 0 aliphatic heterocycles. The number of rotatable bonds is 8. The Hall–Kier alpha value is -1.55. The molecule has 0 saturated carbocycles. The Balaban J connectivity index is 1.99. The quantitative estimate of drug-likeness (QED) is 0.480. The fraction of sp³-hybridized carbons (Fsp3) is 0.294. The van der Waals surface area contributed by atoms with Crippen LogP contribution in [0.2, 0.25) is 0 Å². The van der Waals surface area contributed by atoms with Gasteiger partial charge in [-0.3, -0.25) is 4.79 Å². The molecule has 0 fully saturated rings. The van der Waals surface area contributed by atoms with E-state index in [0.29, 0.717) is 11.3 Å². The van der Waals surface area contributed by atoms with Gasteiger partial charge in [0.2, 0.25) is 15.8 Å². The molecule has 1 aromatic heterocycles. The number of carbonyl (C=O) groups is 2. The highest BCUT2D eigenvalue weighted by Gasteiger charge is 2.18. The number of esters is 1. The van der Waals surface area contributed by atoms with Crippen LogP contribution < -0.4 is 4.72 Å². The molecule has 0 aliphatic carbocycles. The molecule has 9 heteroatoms. The van der Waals surface area contributed by atoms with Gasteiger partial charge >= 0.3 is 5.97 Å². The number of nitrogens with one attached hydrogen (secondary N) is 1. The monoisotopic (exact) mass is 459 g/mol. The van der Waals surface area contributed by atoms with Gasteiger partial charge in [0.1, 0.15) is 0 Å². The molecule has 6 nitrogen and oxygen atoms in total.